The van der Waals surface area contributed by atoms with Gasteiger partial charge in [0, 0.05) is 42.8 Å². The molecule has 0 fully saturated rings. The Morgan fingerprint density at radius 3 is 1.28 bits per heavy atom. The Labute approximate surface area is 296 Å². The van der Waals surface area contributed by atoms with Crippen molar-refractivity contribution in [1.82, 2.24) is 0 Å². The second-order valence-corrected chi connectivity index (χ2v) is 13.5. The highest BCUT2D eigenvalue weighted by molar-refractivity contribution is 9.10. The summed E-state index contributed by atoms with van der Waals surface area (Å²) < 4.78 is 13.3. The summed E-state index contributed by atoms with van der Waals surface area (Å²) in [4.78, 5) is 2.35. The molecule has 0 radical (unpaired) electrons. The number of furan rings is 2. The molecule has 10 aromatic rings. The number of fused-ring (bicyclic) bond motifs is 7. The fourth-order valence-corrected chi connectivity index (χ4v) is 7.76. The van der Waals surface area contributed by atoms with E-state index in [4.69, 9.17) is 8.83 Å². The summed E-state index contributed by atoms with van der Waals surface area (Å²) in [5.41, 5.74) is 11.5. The van der Waals surface area contributed by atoms with E-state index in [1.165, 1.54) is 10.8 Å². The quantitative estimate of drug-likeness (QED) is 0.178. The third kappa shape index (κ3) is 4.72. The molecule has 0 saturated heterocycles. The van der Waals surface area contributed by atoms with Crippen molar-refractivity contribution in [3.8, 4) is 22.3 Å². The summed E-state index contributed by atoms with van der Waals surface area (Å²) in [5.74, 6) is 0. The highest BCUT2D eigenvalue weighted by atomic mass is 79.9. The third-order valence-electron chi connectivity index (χ3n) is 9.76. The second kappa shape index (κ2) is 11.5. The molecule has 10 rings (SSSR count). The molecule has 2 heterocycles. The Morgan fingerprint density at radius 1 is 0.340 bits per heavy atom. The van der Waals surface area contributed by atoms with Crippen molar-refractivity contribution >= 4 is 87.6 Å². The Bertz CT molecular complexity index is 2720. The van der Waals surface area contributed by atoms with E-state index < -0.39 is 0 Å². The van der Waals surface area contributed by atoms with Crippen molar-refractivity contribution in [3.05, 3.63) is 174 Å². The van der Waals surface area contributed by atoms with Gasteiger partial charge in [-0.2, -0.15) is 0 Å². The van der Waals surface area contributed by atoms with Crippen LogP contribution in [-0.2, 0) is 0 Å². The van der Waals surface area contributed by atoms with E-state index in [1.807, 2.05) is 24.3 Å². The highest BCUT2D eigenvalue weighted by Crippen LogP contribution is 2.42. The number of benzene rings is 8. The van der Waals surface area contributed by atoms with Gasteiger partial charge < -0.3 is 13.7 Å². The van der Waals surface area contributed by atoms with Crippen LogP contribution in [0.3, 0.4) is 0 Å². The molecule has 3 nitrogen and oxygen atoms in total. The van der Waals surface area contributed by atoms with Gasteiger partial charge in [-0.1, -0.05) is 113 Å². The van der Waals surface area contributed by atoms with Crippen LogP contribution in [0.25, 0.3) is 76.9 Å². The maximum atomic E-state index is 6.09. The van der Waals surface area contributed by atoms with Crippen molar-refractivity contribution in [2.45, 2.75) is 0 Å². The number of para-hydroxylation sites is 2. The summed E-state index contributed by atoms with van der Waals surface area (Å²) >= 11 is 3.79. The maximum absolute atomic E-state index is 6.09. The highest BCUT2D eigenvalue weighted by Gasteiger charge is 2.18. The largest absolute Gasteiger partial charge is 0.456 e. The molecule has 0 atom stereocenters. The molecule has 0 amide bonds. The van der Waals surface area contributed by atoms with Crippen molar-refractivity contribution < 1.29 is 8.83 Å². The first-order valence-corrected chi connectivity index (χ1v) is 17.5. The van der Waals surface area contributed by atoms with Gasteiger partial charge >= 0.3 is 0 Å². The fourth-order valence-electron chi connectivity index (χ4n) is 7.29. The minimum absolute atomic E-state index is 0.904. The van der Waals surface area contributed by atoms with Crippen LogP contribution in [0.15, 0.2) is 183 Å². The molecule has 0 unspecified atom stereocenters. The van der Waals surface area contributed by atoms with E-state index in [9.17, 15) is 0 Å². The van der Waals surface area contributed by atoms with Gasteiger partial charge in [-0.25, -0.2) is 0 Å². The van der Waals surface area contributed by atoms with Crippen LogP contribution in [0.5, 0.6) is 0 Å². The zero-order chi connectivity index (χ0) is 33.2. The van der Waals surface area contributed by atoms with E-state index in [-0.39, 0.29) is 0 Å². The normalized spacial score (nSPS) is 11.7. The molecule has 50 heavy (non-hydrogen) atoms. The number of halogens is 1. The van der Waals surface area contributed by atoms with Crippen molar-refractivity contribution in [2.75, 3.05) is 4.90 Å². The van der Waals surface area contributed by atoms with Gasteiger partial charge in [0.15, 0.2) is 0 Å². The van der Waals surface area contributed by atoms with Crippen LogP contribution < -0.4 is 4.90 Å². The lowest BCUT2D eigenvalue weighted by Crippen LogP contribution is -2.10. The lowest BCUT2D eigenvalue weighted by atomic mass is 10.0. The standard InChI is InChI=1S/C46H28BrNO2/c47-41-23-24-42(36-8-2-1-7-35(36)41)48(33-19-13-29(14-20-33)31-17-25-45-39(27-31)37-9-3-5-11-43(37)49-45)34-21-15-30(16-22-34)32-18-26-46-40(28-32)38-10-4-6-12-44(38)50-46/h1-28H. The van der Waals surface area contributed by atoms with Crippen molar-refractivity contribution in [1.29, 1.82) is 0 Å². The predicted molar refractivity (Wildman–Crippen MR) is 212 cm³/mol. The predicted octanol–water partition coefficient (Wildman–Crippen LogP) is 14.2. The van der Waals surface area contributed by atoms with Gasteiger partial charge in [-0.05, 0) is 100 Å². The van der Waals surface area contributed by atoms with Crippen molar-refractivity contribution in [3.63, 3.8) is 0 Å². The van der Waals surface area contributed by atoms with Crippen molar-refractivity contribution in [2.24, 2.45) is 0 Å². The van der Waals surface area contributed by atoms with Crippen LogP contribution in [0.1, 0.15) is 0 Å². The zero-order valence-electron chi connectivity index (χ0n) is 26.8. The fraction of sp³-hybridized carbons (Fsp3) is 0. The molecule has 4 heteroatoms. The Kier molecular flexibility index (Phi) is 6.64. The van der Waals surface area contributed by atoms with Gasteiger partial charge in [0.2, 0.25) is 0 Å². The molecule has 8 aromatic carbocycles. The van der Waals surface area contributed by atoms with E-state index in [2.05, 4.69) is 166 Å². The van der Waals surface area contributed by atoms with Crippen LogP contribution in [0, 0.1) is 0 Å². The SMILES string of the molecule is Brc1ccc(N(c2ccc(-c3ccc4oc5ccccc5c4c3)cc2)c2ccc(-c3ccc4oc5ccccc5c4c3)cc2)c2ccccc12. The minimum atomic E-state index is 0.904. The first kappa shape index (κ1) is 28.9. The Morgan fingerprint density at radius 2 is 0.760 bits per heavy atom. The van der Waals surface area contributed by atoms with Gasteiger partial charge in [-0.3, -0.25) is 0 Å². The third-order valence-corrected chi connectivity index (χ3v) is 10.5. The van der Waals surface area contributed by atoms with Gasteiger partial charge in [0.25, 0.3) is 0 Å². The summed E-state index contributed by atoms with van der Waals surface area (Å²) in [6.45, 7) is 0. The molecule has 0 spiro atoms. The topological polar surface area (TPSA) is 29.5 Å². The summed E-state index contributed by atoms with van der Waals surface area (Å²) in [6, 6.07) is 60.0. The molecule has 0 bridgehead atoms. The summed E-state index contributed by atoms with van der Waals surface area (Å²) in [5, 5.41) is 6.87. The van der Waals surface area contributed by atoms with Gasteiger partial charge in [0.1, 0.15) is 22.3 Å². The average molecular weight is 707 g/mol. The van der Waals surface area contributed by atoms with Crippen LogP contribution in [0.2, 0.25) is 0 Å². The van der Waals surface area contributed by atoms with Crippen LogP contribution in [-0.4, -0.2) is 0 Å². The Hall–Kier alpha value is -6.10. The van der Waals surface area contributed by atoms with E-state index in [1.54, 1.807) is 0 Å². The molecule has 0 N–H and O–H groups in total. The number of rotatable bonds is 5. The molecule has 0 aliphatic carbocycles. The van der Waals surface area contributed by atoms with Crippen LogP contribution >= 0.6 is 15.9 Å². The maximum Gasteiger partial charge on any atom is 0.135 e. The Balaban J connectivity index is 1.07. The van der Waals surface area contributed by atoms with E-state index in [0.29, 0.717) is 0 Å². The second-order valence-electron chi connectivity index (χ2n) is 12.7. The van der Waals surface area contributed by atoms with E-state index >= 15 is 0 Å². The summed E-state index contributed by atoms with van der Waals surface area (Å²) in [6.07, 6.45) is 0. The number of anilines is 3. The first-order valence-electron chi connectivity index (χ1n) is 16.7. The minimum Gasteiger partial charge on any atom is -0.456 e. The molecular weight excluding hydrogens is 678 g/mol. The molecular formula is C46H28BrNO2. The van der Waals surface area contributed by atoms with Gasteiger partial charge in [0.05, 0.1) is 5.69 Å². The molecule has 2 aromatic heterocycles. The number of hydrogen-bond donors (Lipinski definition) is 0. The molecule has 0 saturated carbocycles. The van der Waals surface area contributed by atoms with E-state index in [0.717, 1.165) is 87.7 Å². The first-order chi connectivity index (χ1) is 24.7. The molecule has 0 aliphatic heterocycles. The molecule has 0 aliphatic rings. The number of hydrogen-bond acceptors (Lipinski definition) is 3. The smallest absolute Gasteiger partial charge is 0.135 e. The summed E-state index contributed by atoms with van der Waals surface area (Å²) in [7, 11) is 0. The zero-order valence-corrected chi connectivity index (χ0v) is 28.4. The monoisotopic (exact) mass is 705 g/mol. The lowest BCUT2D eigenvalue weighted by molar-refractivity contribution is 0.668. The van der Waals surface area contributed by atoms with Crippen LogP contribution in [0.4, 0.5) is 17.1 Å². The lowest BCUT2D eigenvalue weighted by Gasteiger charge is -2.27. The average Bonchev–Trinajstić information content (AvgIpc) is 3.74. The van der Waals surface area contributed by atoms with Gasteiger partial charge in [-0.15, -0.1) is 0 Å². The number of nitrogens with zero attached hydrogens (tertiary/aromatic N) is 1. The molecule has 236 valence electrons.